The van der Waals surface area contributed by atoms with Crippen molar-refractivity contribution in [3.8, 4) is 46.7 Å². The minimum Gasteiger partial charge on any atom is -0.545 e. The van der Waals surface area contributed by atoms with Gasteiger partial charge in [0.15, 0.2) is 12.5 Å². The molecular formula is C86H94N12O36P6. The van der Waals surface area contributed by atoms with Gasteiger partial charge in [-0.2, -0.15) is 27.2 Å². The molecule has 2 saturated heterocycles. The number of nitrogens with zero attached hydrogens (tertiary/aromatic N) is 8. The number of carboxylic acids is 2. The number of rotatable bonds is 28. The third-order valence-corrected chi connectivity index (χ3v) is 31.7. The molecule has 8 aliphatic rings. The summed E-state index contributed by atoms with van der Waals surface area (Å²) in [4.78, 5) is 164. The second-order valence-corrected chi connectivity index (χ2v) is 41.8. The van der Waals surface area contributed by atoms with Gasteiger partial charge in [0.25, 0.3) is 11.8 Å². The van der Waals surface area contributed by atoms with E-state index in [-0.39, 0.29) is 63.7 Å². The molecule has 2 fully saturated rings. The maximum absolute atomic E-state index is 13.8. The lowest BCUT2D eigenvalue weighted by molar-refractivity contribution is -0.256. The summed E-state index contributed by atoms with van der Waals surface area (Å²) >= 11 is 0. The number of aromatic carboxylic acids is 2. The number of hydrogen-bond acceptors (Lipinski definition) is 34. The number of aliphatic hydroxyl groups excluding tert-OH is 4. The van der Waals surface area contributed by atoms with Crippen molar-refractivity contribution in [2.45, 2.75) is 128 Å². The van der Waals surface area contributed by atoms with Gasteiger partial charge in [-0.1, -0.05) is 35.8 Å². The predicted octanol–water partition coefficient (Wildman–Crippen LogP) is -0.969. The number of ether oxygens (including phenoxy) is 4. The molecule has 140 heavy (non-hydrogen) atoms. The lowest BCUT2D eigenvalue weighted by atomic mass is 9.85. The Morgan fingerprint density at radius 2 is 0.893 bits per heavy atom. The lowest BCUT2D eigenvalue weighted by Crippen LogP contribution is -2.39. The standard InChI is InChI=1S/2C43H47N6O18P3/c1-3-47-14-6-9-23-16-29-33(19-31(23)47)64-34-20-32-24(10-7-15-48(32)4-2)17-30(34)36(29)28-18-25(11-12-27(28)42(53)54)40(52)45-13-5-8-26-21-49(43(55)46-39(26)44)41-38(51)37(50)35(65-41)22-63-69(59,60)67-70(61,62)66-68(56,57)58;1-3-47-14-6-9-23-16-29-33(19-31(23)47)64-34-20-32-24(10-7-15-48(32)4-2)17-30(34)36(29)27-12-11-25(18-28(27)42(53)54)40(52)45-13-5-8-26-21-49(43(55)46-39(26)44)41-38(51)37(50)35(65-41)22-63-69(59,60)67-70(61,62)66-68(56,57)58/h2*11-12,16-21,35,37-38,41,50-51H,3-4,6-7,9-10,13-15,22H2,1-2H3,(H7-,44,45,46,52,53,54,55,56,57,58,59,60,61,62)/t2*35-,37-,38-,41-/m11/s1. The minimum atomic E-state index is -5.86. The molecule has 0 spiro atoms. The van der Waals surface area contributed by atoms with E-state index in [4.69, 9.17) is 50.0 Å². The average molecular weight is 2060 g/mol. The van der Waals surface area contributed by atoms with Crippen LogP contribution in [-0.4, -0.2) is 218 Å². The number of nitrogens with one attached hydrogen (secondary N) is 2. The van der Waals surface area contributed by atoms with Gasteiger partial charge in [0.2, 0.25) is 10.7 Å². The molecule has 12 atom stereocenters. The summed E-state index contributed by atoms with van der Waals surface area (Å²) in [6.07, 6.45) is -5.59. The number of hydrogen-bond donors (Lipinski definition) is 16. The topological polar surface area (TPSA) is 710 Å². The summed E-state index contributed by atoms with van der Waals surface area (Å²) in [7, 11) is -34.4. The number of aromatic nitrogens is 4. The van der Waals surface area contributed by atoms with E-state index in [0.29, 0.717) is 59.6 Å². The largest absolute Gasteiger partial charge is 0.545 e. The zero-order valence-electron chi connectivity index (χ0n) is 74.6. The molecule has 48 nitrogen and oxygen atoms in total. The number of carboxylic acid groups (broad SMARTS) is 2. The van der Waals surface area contributed by atoms with Crippen LogP contribution in [0.5, 0.6) is 23.0 Å². The van der Waals surface area contributed by atoms with Crippen LogP contribution in [0.15, 0.2) is 107 Å². The molecule has 0 radical (unpaired) electrons. The zero-order chi connectivity index (χ0) is 101. The zero-order valence-corrected chi connectivity index (χ0v) is 79.9. The van der Waals surface area contributed by atoms with Crippen LogP contribution in [0.2, 0.25) is 0 Å². The van der Waals surface area contributed by atoms with E-state index in [1.54, 1.807) is 6.07 Å². The first-order chi connectivity index (χ1) is 66.1. The van der Waals surface area contributed by atoms with Crippen LogP contribution in [-0.2, 0) is 88.8 Å². The first kappa shape index (κ1) is 103. The second-order valence-electron chi connectivity index (χ2n) is 33.0. The van der Waals surface area contributed by atoms with Crippen molar-refractivity contribution in [3.05, 3.63) is 217 Å². The molecule has 2 amide bonds. The van der Waals surface area contributed by atoms with E-state index in [9.17, 15) is 106 Å². The van der Waals surface area contributed by atoms with Crippen molar-refractivity contribution in [1.29, 1.82) is 0 Å². The molecule has 8 aromatic rings. The number of amides is 2. The number of benzene rings is 6. The Labute approximate surface area is 793 Å². The number of aryl methyl sites for hydroxylation is 4. The van der Waals surface area contributed by atoms with E-state index in [0.717, 1.165) is 171 Å². The quantitative estimate of drug-likeness (QED) is 0.0159. The fourth-order valence-electron chi connectivity index (χ4n) is 17.8. The van der Waals surface area contributed by atoms with Gasteiger partial charge in [0.05, 0.1) is 61.5 Å². The molecular weight excluding hydrogens is 1960 g/mol. The fourth-order valence-corrected chi connectivity index (χ4v) is 23.9. The predicted molar refractivity (Wildman–Crippen MR) is 487 cm³/mol. The van der Waals surface area contributed by atoms with E-state index >= 15 is 0 Å². The first-order valence-corrected chi connectivity index (χ1v) is 52.6. The molecule has 2 aromatic heterocycles. The second kappa shape index (κ2) is 41.4. The molecule has 18 N–H and O–H groups in total. The molecule has 16 rings (SSSR count). The number of anilines is 4. The highest BCUT2D eigenvalue weighted by Crippen LogP contribution is 2.68. The molecule has 6 aromatic carbocycles. The minimum absolute atomic E-state index is 0.0194. The van der Waals surface area contributed by atoms with Crippen molar-refractivity contribution in [3.63, 3.8) is 0 Å². The molecule has 0 saturated carbocycles. The van der Waals surface area contributed by atoms with Gasteiger partial charge in [-0.3, -0.25) is 27.8 Å². The van der Waals surface area contributed by atoms with Crippen molar-refractivity contribution in [2.24, 2.45) is 0 Å². The number of fused-ring (bicyclic) bond motifs is 8. The number of phosphoric ester groups is 2. The van der Waals surface area contributed by atoms with E-state index in [1.165, 1.54) is 30.3 Å². The summed E-state index contributed by atoms with van der Waals surface area (Å²) in [5.41, 5.74) is 18.8. The third kappa shape index (κ3) is 22.8. The summed E-state index contributed by atoms with van der Waals surface area (Å²) in [5.74, 6) is 7.83. The number of phosphoric acid groups is 6. The van der Waals surface area contributed by atoms with Crippen LogP contribution < -0.4 is 93.3 Å². The Balaban J connectivity index is 0.000000212. The first-order valence-electron chi connectivity index (χ1n) is 43.5. The van der Waals surface area contributed by atoms with Crippen molar-refractivity contribution >= 4 is 105 Å². The summed E-state index contributed by atoms with van der Waals surface area (Å²) in [6.45, 7) is 12.2. The van der Waals surface area contributed by atoms with Crippen molar-refractivity contribution in [2.75, 3.05) is 99.9 Å². The molecule has 10 heterocycles. The Kier molecular flexibility index (Phi) is 30.5. The Morgan fingerprint density at radius 1 is 0.486 bits per heavy atom. The van der Waals surface area contributed by atoms with Crippen LogP contribution in [0, 0.1) is 23.7 Å². The number of carbonyl (C=O) groups is 4. The Morgan fingerprint density at radius 3 is 1.30 bits per heavy atom. The lowest BCUT2D eigenvalue weighted by Gasteiger charge is -2.33. The smallest absolute Gasteiger partial charge is 0.490 e. The van der Waals surface area contributed by atoms with E-state index in [2.05, 4.69) is 129 Å². The van der Waals surface area contributed by atoms with E-state index < -0.39 is 144 Å². The van der Waals surface area contributed by atoms with Crippen LogP contribution in [0.25, 0.3) is 11.1 Å². The molecule has 744 valence electrons. The number of nitrogen functional groups attached to an aromatic ring is 2. The maximum atomic E-state index is 13.8. The van der Waals surface area contributed by atoms with Gasteiger partial charge >= 0.3 is 58.3 Å². The highest BCUT2D eigenvalue weighted by atomic mass is 31.3. The molecule has 0 aliphatic carbocycles. The highest BCUT2D eigenvalue weighted by Gasteiger charge is 2.50. The summed E-state index contributed by atoms with van der Waals surface area (Å²) < 4.78 is 123. The normalized spacial score (nSPS) is 21.2. The summed E-state index contributed by atoms with van der Waals surface area (Å²) in [6, 6.07) is 24.8. The fraction of sp³-hybridized carbons (Fsp3) is 0.372. The van der Waals surface area contributed by atoms with Gasteiger partial charge in [-0.05, 0) is 137 Å². The SMILES string of the molecule is CCN1CCCc2cc3c(cc21)Oc1cc2c(cc1=C3c1cc(C(=O)NCC#Cc3cn([C@@H]4O[C@H](COP(=O)(O)OP(=O)(O)OP(=O)(O)O)[C@@H](O)[C@H]4O)c(=O)nc3N)ccc1C(=O)[O-])CCC[N+]=2CC.CCN1CCCc2cc3c(cc21)Oc1cc2c(cc1=C3c1ccc(C(=O)NCC#Cc3cn([C@@H]4O[C@H](COP(=O)(O)OP(=O)(O)OP(=O)(O)O)[C@@H](O)[C@H]4O)c(=O)nc3N)cc1C(=O)[O-])CCC[N+]=2CC. The van der Waals surface area contributed by atoms with Crippen molar-refractivity contribution < 1.29 is 162 Å². The summed E-state index contributed by atoms with van der Waals surface area (Å²) in [5, 5.41) is 77.2. The average Bonchev–Trinajstić information content (AvgIpc) is 1.13. The van der Waals surface area contributed by atoms with Crippen LogP contribution >= 0.6 is 46.9 Å². The molecule has 0 bridgehead atoms. The van der Waals surface area contributed by atoms with Crippen LogP contribution in [0.3, 0.4) is 0 Å². The van der Waals surface area contributed by atoms with Gasteiger partial charge in [0.1, 0.15) is 97.4 Å². The number of carbonyl (C=O) groups excluding carboxylic acids is 4. The Bertz CT molecular complexity index is 7290. The maximum Gasteiger partial charge on any atom is 0.490 e. The molecule has 54 heteroatoms. The van der Waals surface area contributed by atoms with Crippen LogP contribution in [0.4, 0.5) is 23.0 Å². The van der Waals surface area contributed by atoms with Gasteiger partial charge in [-0.15, -0.1) is 0 Å². The third-order valence-electron chi connectivity index (χ3n) is 24.1. The monoisotopic (exact) mass is 2060 g/mol. The van der Waals surface area contributed by atoms with Crippen molar-refractivity contribution in [1.82, 2.24) is 38.9 Å². The molecule has 8 aliphatic heterocycles. The Hall–Kier alpha value is -11.2. The van der Waals surface area contributed by atoms with Gasteiger partial charge < -0.3 is 130 Å². The number of nitrogens with two attached hydrogens (primary N) is 2. The van der Waals surface area contributed by atoms with Gasteiger partial charge in [-0.25, -0.2) is 46.1 Å². The molecule has 4 unspecified atom stereocenters. The van der Waals surface area contributed by atoms with Crippen LogP contribution in [0.1, 0.15) is 163 Å². The number of aliphatic hydroxyl groups is 4. The van der Waals surface area contributed by atoms with E-state index in [1.807, 2.05) is 36.4 Å². The highest BCUT2D eigenvalue weighted by molar-refractivity contribution is 7.67. The van der Waals surface area contributed by atoms with Gasteiger partial charge in [0, 0.05) is 141 Å².